The molecule has 96 valence electrons. The number of fused-ring (bicyclic) bond motifs is 1. The molecule has 0 atom stereocenters. The molecule has 1 aliphatic heterocycles. The molecule has 0 fully saturated rings. The summed E-state index contributed by atoms with van der Waals surface area (Å²) in [6.45, 7) is 3.07. The molecular weight excluding hydrogens is 244 g/mol. The summed E-state index contributed by atoms with van der Waals surface area (Å²) in [5.41, 5.74) is 2.99. The zero-order valence-corrected chi connectivity index (χ0v) is 10.4. The Kier molecular flexibility index (Phi) is 2.87. The molecule has 0 N–H and O–H groups in total. The molecule has 0 spiro atoms. The molecule has 3 rings (SSSR count). The van der Waals surface area contributed by atoms with E-state index in [9.17, 15) is 4.79 Å². The molecular formula is C14H12N2O3. The van der Waals surface area contributed by atoms with Crippen molar-refractivity contribution in [2.45, 2.75) is 6.92 Å². The van der Waals surface area contributed by atoms with Crippen LogP contribution in [0.3, 0.4) is 0 Å². The van der Waals surface area contributed by atoms with Crippen LogP contribution in [-0.4, -0.2) is 29.5 Å². The first-order valence-corrected chi connectivity index (χ1v) is 5.96. The Morgan fingerprint density at radius 2 is 1.84 bits per heavy atom. The molecule has 0 aliphatic carbocycles. The summed E-state index contributed by atoms with van der Waals surface area (Å²) in [5, 5.41) is 0. The van der Waals surface area contributed by atoms with E-state index in [4.69, 9.17) is 9.47 Å². The zero-order valence-electron chi connectivity index (χ0n) is 10.4. The molecule has 0 amide bonds. The fourth-order valence-electron chi connectivity index (χ4n) is 2.05. The first-order valence-electron chi connectivity index (χ1n) is 5.96. The van der Waals surface area contributed by atoms with Crippen molar-refractivity contribution in [1.82, 2.24) is 9.97 Å². The number of aromatic nitrogens is 2. The van der Waals surface area contributed by atoms with Gasteiger partial charge in [0.25, 0.3) is 0 Å². The number of aryl methyl sites for hydroxylation is 1. The second-order valence-electron chi connectivity index (χ2n) is 4.26. The molecule has 0 unspecified atom stereocenters. The van der Waals surface area contributed by atoms with Crippen molar-refractivity contribution in [2.75, 3.05) is 13.2 Å². The minimum Gasteiger partial charge on any atom is -0.486 e. The van der Waals surface area contributed by atoms with Crippen LogP contribution in [0.2, 0.25) is 0 Å². The Balaban J connectivity index is 2.11. The van der Waals surface area contributed by atoms with Crippen molar-refractivity contribution in [1.29, 1.82) is 0 Å². The van der Waals surface area contributed by atoms with Gasteiger partial charge in [-0.05, 0) is 30.7 Å². The van der Waals surface area contributed by atoms with Crippen LogP contribution >= 0.6 is 0 Å². The van der Waals surface area contributed by atoms with Crippen molar-refractivity contribution in [3.63, 3.8) is 0 Å². The molecule has 1 aromatic heterocycles. The second-order valence-corrected chi connectivity index (χ2v) is 4.26. The number of benzene rings is 1. The monoisotopic (exact) mass is 256 g/mol. The standard InChI is InChI=1S/C14H12N2O3/c1-9-4-13-14(19-3-2-18-13)6-11(9)12-5-10(7-17)15-8-16-12/h4-8H,2-3H2,1H3. The van der Waals surface area contributed by atoms with E-state index in [1.54, 1.807) is 6.07 Å². The van der Waals surface area contributed by atoms with E-state index in [2.05, 4.69) is 9.97 Å². The molecule has 2 aromatic rings. The van der Waals surface area contributed by atoms with Crippen LogP contribution in [0.5, 0.6) is 11.5 Å². The number of ether oxygens (including phenoxy) is 2. The average Bonchev–Trinajstić information content (AvgIpc) is 2.46. The average molecular weight is 256 g/mol. The second kappa shape index (κ2) is 4.68. The predicted octanol–water partition coefficient (Wildman–Crippen LogP) is 2.04. The normalized spacial score (nSPS) is 13.1. The quantitative estimate of drug-likeness (QED) is 0.769. The highest BCUT2D eigenvalue weighted by Gasteiger charge is 2.15. The number of hydrogen-bond acceptors (Lipinski definition) is 5. The lowest BCUT2D eigenvalue weighted by atomic mass is 10.0. The van der Waals surface area contributed by atoms with E-state index in [1.165, 1.54) is 6.33 Å². The van der Waals surface area contributed by atoms with Crippen molar-refractivity contribution in [3.8, 4) is 22.8 Å². The summed E-state index contributed by atoms with van der Waals surface area (Å²) >= 11 is 0. The van der Waals surface area contributed by atoms with Crippen LogP contribution in [0.25, 0.3) is 11.3 Å². The molecule has 2 heterocycles. The van der Waals surface area contributed by atoms with Crippen molar-refractivity contribution in [2.24, 2.45) is 0 Å². The Bertz CT molecular complexity index is 641. The maximum absolute atomic E-state index is 10.8. The summed E-state index contributed by atoms with van der Waals surface area (Å²) in [6, 6.07) is 5.47. The molecule has 5 heteroatoms. The molecule has 0 saturated carbocycles. The summed E-state index contributed by atoms with van der Waals surface area (Å²) < 4.78 is 11.1. The minimum atomic E-state index is 0.360. The van der Waals surface area contributed by atoms with Gasteiger partial charge in [0.05, 0.1) is 5.69 Å². The van der Waals surface area contributed by atoms with Crippen LogP contribution in [0.15, 0.2) is 24.5 Å². The van der Waals surface area contributed by atoms with Crippen LogP contribution in [0.4, 0.5) is 0 Å². The molecule has 0 saturated heterocycles. The number of nitrogens with zero attached hydrogens (tertiary/aromatic N) is 2. The van der Waals surface area contributed by atoms with E-state index >= 15 is 0 Å². The van der Waals surface area contributed by atoms with Gasteiger partial charge >= 0.3 is 0 Å². The van der Waals surface area contributed by atoms with Gasteiger partial charge in [-0.3, -0.25) is 4.79 Å². The third-order valence-electron chi connectivity index (χ3n) is 2.97. The topological polar surface area (TPSA) is 61.3 Å². The van der Waals surface area contributed by atoms with Gasteiger partial charge in [0.15, 0.2) is 17.8 Å². The van der Waals surface area contributed by atoms with Gasteiger partial charge in [0, 0.05) is 5.56 Å². The molecule has 1 aliphatic rings. The van der Waals surface area contributed by atoms with E-state index < -0.39 is 0 Å². The number of hydrogen-bond donors (Lipinski definition) is 0. The van der Waals surface area contributed by atoms with Gasteiger partial charge in [0.1, 0.15) is 25.2 Å². The number of carbonyl (C=O) groups excluding carboxylic acids is 1. The Morgan fingerprint density at radius 1 is 1.11 bits per heavy atom. The van der Waals surface area contributed by atoms with E-state index in [-0.39, 0.29) is 0 Å². The third-order valence-corrected chi connectivity index (χ3v) is 2.97. The zero-order chi connectivity index (χ0) is 13.2. The van der Waals surface area contributed by atoms with Crippen molar-refractivity contribution < 1.29 is 14.3 Å². The number of rotatable bonds is 2. The summed E-state index contributed by atoms with van der Waals surface area (Å²) in [4.78, 5) is 18.8. The maximum atomic E-state index is 10.8. The highest BCUT2D eigenvalue weighted by molar-refractivity contribution is 5.76. The Morgan fingerprint density at radius 3 is 2.58 bits per heavy atom. The van der Waals surface area contributed by atoms with Gasteiger partial charge in [-0.1, -0.05) is 0 Å². The van der Waals surface area contributed by atoms with Crippen LogP contribution < -0.4 is 9.47 Å². The number of aldehydes is 1. The molecule has 5 nitrogen and oxygen atoms in total. The lowest BCUT2D eigenvalue weighted by molar-refractivity contribution is 0.111. The van der Waals surface area contributed by atoms with Gasteiger partial charge in [0.2, 0.25) is 0 Å². The summed E-state index contributed by atoms with van der Waals surface area (Å²) in [5.74, 6) is 1.45. The largest absolute Gasteiger partial charge is 0.486 e. The molecule has 0 bridgehead atoms. The van der Waals surface area contributed by atoms with E-state index in [0.29, 0.717) is 36.6 Å². The predicted molar refractivity (Wildman–Crippen MR) is 68.6 cm³/mol. The Hall–Kier alpha value is -2.43. The highest BCUT2D eigenvalue weighted by Crippen LogP contribution is 2.36. The van der Waals surface area contributed by atoms with E-state index in [1.807, 2.05) is 19.1 Å². The number of carbonyl (C=O) groups is 1. The Labute approximate surface area is 110 Å². The van der Waals surface area contributed by atoms with Crippen molar-refractivity contribution in [3.05, 3.63) is 35.8 Å². The van der Waals surface area contributed by atoms with Crippen LogP contribution in [0, 0.1) is 6.92 Å². The third kappa shape index (κ3) is 2.14. The summed E-state index contributed by atoms with van der Waals surface area (Å²) in [7, 11) is 0. The first-order chi connectivity index (χ1) is 9.28. The molecule has 0 radical (unpaired) electrons. The van der Waals surface area contributed by atoms with Crippen LogP contribution in [0.1, 0.15) is 16.1 Å². The SMILES string of the molecule is Cc1cc2c(cc1-c1cc(C=O)ncn1)OCCO2. The van der Waals surface area contributed by atoms with Gasteiger partial charge in [-0.2, -0.15) is 0 Å². The van der Waals surface area contributed by atoms with Crippen molar-refractivity contribution >= 4 is 6.29 Å². The van der Waals surface area contributed by atoms with Gasteiger partial charge in [-0.25, -0.2) is 9.97 Å². The maximum Gasteiger partial charge on any atom is 0.168 e. The fourth-order valence-corrected chi connectivity index (χ4v) is 2.05. The smallest absolute Gasteiger partial charge is 0.168 e. The lowest BCUT2D eigenvalue weighted by Gasteiger charge is -2.20. The lowest BCUT2D eigenvalue weighted by Crippen LogP contribution is -2.15. The molecule has 1 aromatic carbocycles. The summed E-state index contributed by atoms with van der Waals surface area (Å²) in [6.07, 6.45) is 2.09. The van der Waals surface area contributed by atoms with E-state index in [0.717, 1.165) is 16.9 Å². The fraction of sp³-hybridized carbons (Fsp3) is 0.214. The highest BCUT2D eigenvalue weighted by atomic mass is 16.6. The molecule has 19 heavy (non-hydrogen) atoms. The minimum absolute atomic E-state index is 0.360. The van der Waals surface area contributed by atoms with Gasteiger partial charge in [-0.15, -0.1) is 0 Å². The first kappa shape index (κ1) is 11.6. The van der Waals surface area contributed by atoms with Crippen LogP contribution in [-0.2, 0) is 0 Å². The van der Waals surface area contributed by atoms with Gasteiger partial charge < -0.3 is 9.47 Å².